The predicted octanol–water partition coefficient (Wildman–Crippen LogP) is 2.52. The van der Waals surface area contributed by atoms with Crippen molar-refractivity contribution in [2.75, 3.05) is 0 Å². The minimum atomic E-state index is -5.00. The molecule has 0 radical (unpaired) electrons. The SMILES string of the molecule is Cc1c(OC(F)(F)F)c[nH]c(=O)c1C(F)F. The van der Waals surface area contributed by atoms with Gasteiger partial charge in [0.05, 0.1) is 5.56 Å². The molecule has 16 heavy (non-hydrogen) atoms. The summed E-state index contributed by atoms with van der Waals surface area (Å²) in [5.41, 5.74) is -2.69. The first-order valence-corrected chi connectivity index (χ1v) is 3.98. The molecule has 0 spiro atoms. The van der Waals surface area contributed by atoms with Crippen LogP contribution in [-0.2, 0) is 0 Å². The summed E-state index contributed by atoms with van der Waals surface area (Å²) in [5, 5.41) is 0. The summed E-state index contributed by atoms with van der Waals surface area (Å²) in [5.74, 6) is -0.845. The van der Waals surface area contributed by atoms with Crippen LogP contribution in [0, 0.1) is 6.92 Å². The molecular formula is C8H6F5NO2. The van der Waals surface area contributed by atoms with Gasteiger partial charge in [-0.3, -0.25) is 4.79 Å². The van der Waals surface area contributed by atoms with Crippen molar-refractivity contribution in [3.63, 3.8) is 0 Å². The number of rotatable bonds is 2. The fraction of sp³-hybridized carbons (Fsp3) is 0.375. The molecule has 0 saturated heterocycles. The van der Waals surface area contributed by atoms with Crippen molar-refractivity contribution < 1.29 is 26.7 Å². The lowest BCUT2D eigenvalue weighted by atomic mass is 10.1. The van der Waals surface area contributed by atoms with Gasteiger partial charge in [-0.1, -0.05) is 0 Å². The number of hydrogen-bond donors (Lipinski definition) is 1. The summed E-state index contributed by atoms with van der Waals surface area (Å²) in [6.45, 7) is 0.956. The second kappa shape index (κ2) is 4.11. The molecule has 0 amide bonds. The van der Waals surface area contributed by atoms with Crippen molar-refractivity contribution >= 4 is 0 Å². The number of alkyl halides is 5. The topological polar surface area (TPSA) is 42.1 Å². The summed E-state index contributed by atoms with van der Waals surface area (Å²) in [6.07, 6.45) is -7.57. The van der Waals surface area contributed by atoms with Gasteiger partial charge >= 0.3 is 6.36 Å². The quantitative estimate of drug-likeness (QED) is 0.811. The summed E-state index contributed by atoms with van der Waals surface area (Å²) < 4.78 is 63.7. The first kappa shape index (κ1) is 12.5. The lowest BCUT2D eigenvalue weighted by Crippen LogP contribution is -2.21. The summed E-state index contributed by atoms with van der Waals surface area (Å²) in [4.78, 5) is 12.7. The predicted molar refractivity (Wildman–Crippen MR) is 43.4 cm³/mol. The van der Waals surface area contributed by atoms with Crippen LogP contribution in [0.25, 0.3) is 0 Å². The fourth-order valence-corrected chi connectivity index (χ4v) is 1.11. The van der Waals surface area contributed by atoms with E-state index < -0.39 is 35.2 Å². The van der Waals surface area contributed by atoms with Crippen LogP contribution in [0.15, 0.2) is 11.0 Å². The molecule has 0 aliphatic heterocycles. The molecule has 3 nitrogen and oxygen atoms in total. The smallest absolute Gasteiger partial charge is 0.404 e. The highest BCUT2D eigenvalue weighted by Crippen LogP contribution is 2.29. The van der Waals surface area contributed by atoms with Gasteiger partial charge in [0.25, 0.3) is 12.0 Å². The van der Waals surface area contributed by atoms with E-state index in [2.05, 4.69) is 4.74 Å². The molecule has 0 unspecified atom stereocenters. The van der Waals surface area contributed by atoms with E-state index in [1.807, 2.05) is 0 Å². The molecular weight excluding hydrogens is 237 g/mol. The first-order chi connectivity index (χ1) is 7.22. The van der Waals surface area contributed by atoms with E-state index in [0.29, 0.717) is 6.20 Å². The van der Waals surface area contributed by atoms with Gasteiger partial charge in [-0.15, -0.1) is 13.2 Å². The lowest BCUT2D eigenvalue weighted by molar-refractivity contribution is -0.275. The molecule has 1 rings (SSSR count). The molecule has 0 atom stereocenters. The van der Waals surface area contributed by atoms with E-state index in [0.717, 1.165) is 6.92 Å². The fourth-order valence-electron chi connectivity index (χ4n) is 1.11. The average molecular weight is 243 g/mol. The van der Waals surface area contributed by atoms with Crippen molar-refractivity contribution in [3.05, 3.63) is 27.7 Å². The number of ether oxygens (including phenoxy) is 1. The minimum absolute atomic E-state index is 0.531. The van der Waals surface area contributed by atoms with Gasteiger partial charge in [0.1, 0.15) is 5.75 Å². The summed E-state index contributed by atoms with van der Waals surface area (Å²) >= 11 is 0. The molecule has 0 aliphatic rings. The standard InChI is InChI=1S/C8H6F5NO2/c1-3-4(16-8(11,12)13)2-14-7(15)5(3)6(9)10/h2,6H,1H3,(H,14,15). The van der Waals surface area contributed by atoms with Crippen LogP contribution in [0.2, 0.25) is 0 Å². The number of pyridine rings is 1. The third-order valence-electron chi connectivity index (χ3n) is 1.80. The van der Waals surface area contributed by atoms with Gasteiger partial charge in [0, 0.05) is 11.8 Å². The zero-order valence-corrected chi connectivity index (χ0v) is 7.86. The highest BCUT2D eigenvalue weighted by molar-refractivity contribution is 5.36. The molecule has 0 bridgehead atoms. The van der Waals surface area contributed by atoms with E-state index in [1.54, 1.807) is 4.98 Å². The van der Waals surface area contributed by atoms with Crippen LogP contribution in [0.4, 0.5) is 22.0 Å². The summed E-state index contributed by atoms with van der Waals surface area (Å²) in [7, 11) is 0. The second-order valence-corrected chi connectivity index (χ2v) is 2.87. The molecule has 1 N–H and O–H groups in total. The van der Waals surface area contributed by atoms with Crippen LogP contribution in [-0.4, -0.2) is 11.3 Å². The van der Waals surface area contributed by atoms with Gasteiger partial charge in [-0.2, -0.15) is 0 Å². The minimum Gasteiger partial charge on any atom is -0.404 e. The highest BCUT2D eigenvalue weighted by Gasteiger charge is 2.33. The first-order valence-electron chi connectivity index (χ1n) is 3.98. The van der Waals surface area contributed by atoms with Gasteiger partial charge in [-0.05, 0) is 6.92 Å². The zero-order chi connectivity index (χ0) is 12.5. The Kier molecular flexibility index (Phi) is 3.20. The van der Waals surface area contributed by atoms with E-state index in [1.165, 1.54) is 0 Å². The van der Waals surface area contributed by atoms with E-state index in [4.69, 9.17) is 0 Å². The zero-order valence-electron chi connectivity index (χ0n) is 7.86. The molecule has 0 aromatic carbocycles. The van der Waals surface area contributed by atoms with Gasteiger partial charge in [0.2, 0.25) is 0 Å². The van der Waals surface area contributed by atoms with Crippen molar-refractivity contribution in [2.45, 2.75) is 19.7 Å². The highest BCUT2D eigenvalue weighted by atomic mass is 19.4. The van der Waals surface area contributed by atoms with Gasteiger partial charge < -0.3 is 9.72 Å². The van der Waals surface area contributed by atoms with Crippen molar-refractivity contribution in [1.29, 1.82) is 0 Å². The lowest BCUT2D eigenvalue weighted by Gasteiger charge is -2.12. The molecule has 0 fully saturated rings. The van der Waals surface area contributed by atoms with Crippen molar-refractivity contribution in [1.82, 2.24) is 4.98 Å². The molecule has 8 heteroatoms. The Labute approximate surface area is 85.8 Å². The Hall–Kier alpha value is -1.60. The molecule has 0 aliphatic carbocycles. The summed E-state index contributed by atoms with van der Waals surface area (Å²) in [6, 6.07) is 0. The van der Waals surface area contributed by atoms with Crippen molar-refractivity contribution in [3.8, 4) is 5.75 Å². The van der Waals surface area contributed by atoms with Crippen molar-refractivity contribution in [2.24, 2.45) is 0 Å². The number of H-pyrrole nitrogens is 1. The average Bonchev–Trinajstić information content (AvgIpc) is 2.07. The Bertz CT molecular complexity index is 437. The molecule has 90 valence electrons. The Balaban J connectivity index is 3.24. The van der Waals surface area contributed by atoms with Crippen LogP contribution < -0.4 is 10.3 Å². The number of aromatic amines is 1. The normalized spacial score (nSPS) is 11.9. The maximum atomic E-state index is 12.3. The Morgan fingerprint density at radius 3 is 2.38 bits per heavy atom. The third-order valence-corrected chi connectivity index (χ3v) is 1.80. The van der Waals surface area contributed by atoms with Crippen LogP contribution in [0.1, 0.15) is 17.6 Å². The molecule has 0 saturated carbocycles. The maximum absolute atomic E-state index is 12.3. The van der Waals surface area contributed by atoms with Crippen LogP contribution in [0.5, 0.6) is 5.75 Å². The largest absolute Gasteiger partial charge is 0.573 e. The number of hydrogen-bond acceptors (Lipinski definition) is 2. The number of aromatic nitrogens is 1. The van der Waals surface area contributed by atoms with E-state index in [-0.39, 0.29) is 0 Å². The van der Waals surface area contributed by atoms with E-state index >= 15 is 0 Å². The monoisotopic (exact) mass is 243 g/mol. The molecule has 1 heterocycles. The molecule has 1 aromatic rings. The maximum Gasteiger partial charge on any atom is 0.573 e. The Morgan fingerprint density at radius 2 is 1.94 bits per heavy atom. The second-order valence-electron chi connectivity index (χ2n) is 2.87. The third kappa shape index (κ3) is 2.71. The number of halogens is 5. The van der Waals surface area contributed by atoms with Crippen LogP contribution in [0.3, 0.4) is 0 Å². The van der Waals surface area contributed by atoms with Gasteiger partial charge in [-0.25, -0.2) is 8.78 Å². The Morgan fingerprint density at radius 1 is 1.38 bits per heavy atom. The van der Waals surface area contributed by atoms with Gasteiger partial charge in [0.15, 0.2) is 0 Å². The number of nitrogens with one attached hydrogen (secondary N) is 1. The molecule has 1 aromatic heterocycles. The van der Waals surface area contributed by atoms with Crippen LogP contribution >= 0.6 is 0 Å². The van der Waals surface area contributed by atoms with E-state index in [9.17, 15) is 26.7 Å².